The molecule has 4 aromatic rings. The van der Waals surface area contributed by atoms with E-state index < -0.39 is 6.10 Å². The van der Waals surface area contributed by atoms with Gasteiger partial charge in [0, 0.05) is 42.5 Å². The van der Waals surface area contributed by atoms with Crippen LogP contribution in [0.25, 0.3) is 32.9 Å². The molecule has 3 aromatic carbocycles. The van der Waals surface area contributed by atoms with Crippen LogP contribution in [0.2, 0.25) is 0 Å². The molecule has 0 bridgehead atoms. The molecular weight excluding hydrogens is 426 g/mol. The average Bonchev–Trinajstić information content (AvgIpc) is 2.90. The van der Waals surface area contributed by atoms with Gasteiger partial charge in [0.15, 0.2) is 11.9 Å². The van der Waals surface area contributed by atoms with Gasteiger partial charge >= 0.3 is 0 Å². The number of para-hydroxylation sites is 1. The fourth-order valence-corrected chi connectivity index (χ4v) is 5.02. The largest absolute Gasteiger partial charge is 0.479 e. The van der Waals surface area contributed by atoms with Gasteiger partial charge in [-0.15, -0.1) is 0 Å². The lowest BCUT2D eigenvalue weighted by atomic mass is 9.93. The highest BCUT2D eigenvalue weighted by atomic mass is 16.5. The summed E-state index contributed by atoms with van der Waals surface area (Å²) in [7, 11) is 2.05. The van der Waals surface area contributed by atoms with E-state index in [1.165, 1.54) is 11.5 Å². The van der Waals surface area contributed by atoms with Crippen molar-refractivity contribution in [3.8, 4) is 17.0 Å². The Labute approximate surface area is 197 Å². The highest BCUT2D eigenvalue weighted by molar-refractivity contribution is 6.18. The zero-order valence-corrected chi connectivity index (χ0v) is 19.0. The second kappa shape index (κ2) is 8.24. The third kappa shape index (κ3) is 3.26. The van der Waals surface area contributed by atoms with Crippen LogP contribution < -0.4 is 15.0 Å². The maximum Gasteiger partial charge on any atom is 0.198 e. The first-order chi connectivity index (χ1) is 16.7. The first kappa shape index (κ1) is 20.8. The summed E-state index contributed by atoms with van der Waals surface area (Å²) in [6.45, 7) is 5.52. The van der Waals surface area contributed by atoms with Crippen LogP contribution in [0.5, 0.6) is 5.75 Å². The third-order valence-electron chi connectivity index (χ3n) is 6.69. The Hall–Kier alpha value is -3.74. The number of carbonyl (C=O) groups excluding carboxylic acids is 1. The Balaban J connectivity index is 1.46. The molecule has 2 aliphatic heterocycles. The number of benzene rings is 3. The van der Waals surface area contributed by atoms with Gasteiger partial charge in [0.1, 0.15) is 11.9 Å². The maximum atomic E-state index is 12.6. The molecule has 0 radical (unpaired) electrons. The molecular formula is C28H25N3O3. The van der Waals surface area contributed by atoms with Crippen LogP contribution in [0.15, 0.2) is 73.3 Å². The van der Waals surface area contributed by atoms with Crippen LogP contribution in [0.3, 0.4) is 0 Å². The van der Waals surface area contributed by atoms with Gasteiger partial charge in [-0.05, 0) is 35.7 Å². The summed E-state index contributed by atoms with van der Waals surface area (Å²) in [5, 5.41) is 6.75. The van der Waals surface area contributed by atoms with Crippen molar-refractivity contribution >= 4 is 38.8 Å². The first-order valence-corrected chi connectivity index (χ1v) is 11.5. The zero-order valence-electron chi connectivity index (χ0n) is 19.0. The molecule has 0 spiro atoms. The second-order valence-electron chi connectivity index (χ2n) is 8.67. The molecule has 1 aromatic heterocycles. The molecule has 170 valence electrons. The quantitative estimate of drug-likeness (QED) is 0.353. The second-order valence-corrected chi connectivity index (χ2v) is 8.67. The molecule has 0 amide bonds. The molecule has 1 saturated heterocycles. The minimum atomic E-state index is -0.755. The van der Waals surface area contributed by atoms with Gasteiger partial charge in [-0.25, -0.2) is 4.98 Å². The molecule has 2 unspecified atom stereocenters. The van der Waals surface area contributed by atoms with Crippen molar-refractivity contribution in [3.63, 3.8) is 0 Å². The number of hydrogen-bond acceptors (Lipinski definition) is 6. The van der Waals surface area contributed by atoms with E-state index in [-0.39, 0.29) is 11.9 Å². The Morgan fingerprint density at radius 3 is 2.85 bits per heavy atom. The highest BCUT2D eigenvalue weighted by Crippen LogP contribution is 2.48. The number of morpholine rings is 1. The van der Waals surface area contributed by atoms with Crippen LogP contribution in [-0.4, -0.2) is 49.7 Å². The van der Waals surface area contributed by atoms with Gasteiger partial charge in [0.25, 0.3) is 0 Å². The lowest BCUT2D eigenvalue weighted by Crippen LogP contribution is -2.50. The number of hydrogen-bond donors (Lipinski definition) is 1. The van der Waals surface area contributed by atoms with Gasteiger partial charge < -0.3 is 19.7 Å². The van der Waals surface area contributed by atoms with Gasteiger partial charge in [0.2, 0.25) is 0 Å². The van der Waals surface area contributed by atoms with E-state index in [9.17, 15) is 4.79 Å². The summed E-state index contributed by atoms with van der Waals surface area (Å²) < 4.78 is 12.0. The van der Waals surface area contributed by atoms with Crippen molar-refractivity contribution in [1.29, 1.82) is 0 Å². The maximum absolute atomic E-state index is 12.6. The van der Waals surface area contributed by atoms with Crippen molar-refractivity contribution in [1.82, 2.24) is 10.3 Å². The Kier molecular flexibility index (Phi) is 5.05. The Morgan fingerprint density at radius 1 is 1.18 bits per heavy atom. The number of fused-ring (bicyclic) bond motifs is 4. The lowest BCUT2D eigenvalue weighted by molar-refractivity contribution is -0.129. The number of pyridine rings is 1. The first-order valence-electron chi connectivity index (χ1n) is 11.5. The van der Waals surface area contributed by atoms with Crippen LogP contribution in [0.1, 0.15) is 0 Å². The number of nitrogens with one attached hydrogen (secondary N) is 1. The number of nitrogens with zero attached hydrogens (tertiary/aromatic N) is 2. The smallest absolute Gasteiger partial charge is 0.198 e. The number of rotatable bonds is 5. The van der Waals surface area contributed by atoms with Gasteiger partial charge in [-0.2, -0.15) is 0 Å². The predicted molar refractivity (Wildman–Crippen MR) is 135 cm³/mol. The zero-order chi connectivity index (χ0) is 23.2. The monoisotopic (exact) mass is 451 g/mol. The fourth-order valence-electron chi connectivity index (χ4n) is 5.02. The normalized spacial score (nSPS) is 17.9. The summed E-state index contributed by atoms with van der Waals surface area (Å²) in [4.78, 5) is 19.8. The van der Waals surface area contributed by atoms with Crippen LogP contribution in [0, 0.1) is 0 Å². The molecule has 1 N–H and O–H groups in total. The van der Waals surface area contributed by atoms with Gasteiger partial charge in [0.05, 0.1) is 29.2 Å². The van der Waals surface area contributed by atoms with Crippen molar-refractivity contribution in [2.45, 2.75) is 12.2 Å². The minimum absolute atomic E-state index is 0.192. The Morgan fingerprint density at radius 2 is 2.03 bits per heavy atom. The summed E-state index contributed by atoms with van der Waals surface area (Å²) in [6.07, 6.45) is 0.185. The fraction of sp³-hybridized carbons (Fsp3) is 0.214. The van der Waals surface area contributed by atoms with Gasteiger partial charge in [-0.1, -0.05) is 36.9 Å². The van der Waals surface area contributed by atoms with Crippen molar-refractivity contribution in [3.05, 3.63) is 73.3 Å². The van der Waals surface area contributed by atoms with Crippen molar-refractivity contribution in [2.75, 3.05) is 31.6 Å². The summed E-state index contributed by atoms with van der Waals surface area (Å²) in [6, 6.07) is 20.5. The van der Waals surface area contributed by atoms with Crippen LogP contribution in [-0.2, 0) is 9.53 Å². The molecule has 0 aliphatic carbocycles. The standard InChI is InChI=1S/C28H25N3O3/c1-3-24(32)28(25-16-29-13-14-33-25)34-17-11-12-20-23(15-17)31(2)22-10-6-8-19-18-7-4-5-9-21(18)30-27(20)26(19)22/h3-12,15,25,28-29H,1,13-14,16H2,2H3. The molecule has 3 heterocycles. The van der Waals surface area contributed by atoms with Gasteiger partial charge in [-0.3, -0.25) is 4.79 Å². The molecule has 6 rings (SSSR count). The van der Waals surface area contributed by atoms with E-state index in [4.69, 9.17) is 14.5 Å². The van der Waals surface area contributed by atoms with Crippen LogP contribution in [0.4, 0.5) is 11.4 Å². The minimum Gasteiger partial charge on any atom is -0.479 e. The number of carbonyl (C=O) groups is 1. The molecule has 6 heteroatoms. The summed E-state index contributed by atoms with van der Waals surface area (Å²) in [5.41, 5.74) is 5.03. The lowest BCUT2D eigenvalue weighted by Gasteiger charge is -2.32. The predicted octanol–water partition coefficient (Wildman–Crippen LogP) is 4.63. The number of anilines is 2. The SMILES string of the molecule is C=CC(=O)C(Oc1ccc2c(c1)N(C)c1cccc3c1c-2nc1ccccc13)C1CNCCO1. The Bertz CT molecular complexity index is 1440. The molecule has 34 heavy (non-hydrogen) atoms. The molecule has 2 atom stereocenters. The number of ketones is 1. The van der Waals surface area contributed by atoms with Crippen molar-refractivity contribution < 1.29 is 14.3 Å². The molecule has 0 saturated carbocycles. The third-order valence-corrected chi connectivity index (χ3v) is 6.69. The van der Waals surface area contributed by atoms with E-state index in [0.717, 1.165) is 45.5 Å². The van der Waals surface area contributed by atoms with Crippen molar-refractivity contribution in [2.24, 2.45) is 0 Å². The summed E-state index contributed by atoms with van der Waals surface area (Å²) >= 11 is 0. The number of aromatic nitrogens is 1. The van der Waals surface area contributed by atoms with Crippen LogP contribution >= 0.6 is 0 Å². The summed E-state index contributed by atoms with van der Waals surface area (Å²) in [5.74, 6) is 0.416. The average molecular weight is 452 g/mol. The topological polar surface area (TPSA) is 63.7 Å². The highest BCUT2D eigenvalue weighted by Gasteiger charge is 2.32. The molecule has 6 nitrogen and oxygen atoms in total. The van der Waals surface area contributed by atoms with E-state index in [0.29, 0.717) is 18.9 Å². The van der Waals surface area contributed by atoms with E-state index in [1.807, 2.05) is 24.3 Å². The van der Waals surface area contributed by atoms with E-state index in [1.54, 1.807) is 0 Å². The van der Waals surface area contributed by atoms with E-state index in [2.05, 4.69) is 60.2 Å². The number of ether oxygens (including phenoxy) is 2. The molecule has 2 aliphatic rings. The van der Waals surface area contributed by atoms with E-state index >= 15 is 0 Å². The molecule has 1 fully saturated rings.